The summed E-state index contributed by atoms with van der Waals surface area (Å²) in [6.07, 6.45) is 6.60. The molecule has 0 spiro atoms. The van der Waals surface area contributed by atoms with E-state index in [-0.39, 0.29) is 35.6 Å². The molecule has 1 aromatic carbocycles. The van der Waals surface area contributed by atoms with Gasteiger partial charge in [-0.05, 0) is 54.7 Å². The molecular weight excluding hydrogens is 496 g/mol. The van der Waals surface area contributed by atoms with Crippen LogP contribution in [0.5, 0.6) is 5.75 Å². The molecule has 1 saturated carbocycles. The minimum absolute atomic E-state index is 0.0791. The van der Waals surface area contributed by atoms with Gasteiger partial charge in [-0.25, -0.2) is 0 Å². The fourth-order valence-electron chi connectivity index (χ4n) is 8.18. The Balaban J connectivity index is 1.71. The summed E-state index contributed by atoms with van der Waals surface area (Å²) < 4.78 is 0. The molecule has 39 heavy (non-hydrogen) atoms. The van der Waals surface area contributed by atoms with E-state index in [1.54, 1.807) is 6.92 Å². The van der Waals surface area contributed by atoms with Gasteiger partial charge in [0.1, 0.15) is 22.8 Å². The number of ketones is 3. The van der Waals surface area contributed by atoms with E-state index in [4.69, 9.17) is 0 Å². The SMILES string of the molecule is CC(=O)C1=C(O)C[C@@]2(C)C[C@@]3(C)Cc4c(C(C)C)cc(CC5CCCCC5)c(O)c4C(=O)C3=C(O)[C@@]2(O)C1=O. The molecule has 0 aromatic heterocycles. The normalized spacial score (nSPS) is 31.4. The van der Waals surface area contributed by atoms with Crippen LogP contribution >= 0.6 is 0 Å². The van der Waals surface area contributed by atoms with E-state index in [0.29, 0.717) is 18.8 Å². The number of benzene rings is 1. The minimum atomic E-state index is -2.54. The molecular formula is C32H40O7. The van der Waals surface area contributed by atoms with Gasteiger partial charge in [0.25, 0.3) is 0 Å². The Kier molecular flexibility index (Phi) is 6.41. The summed E-state index contributed by atoms with van der Waals surface area (Å²) in [4.78, 5) is 40.0. The second-order valence-corrected chi connectivity index (χ2v) is 13.3. The van der Waals surface area contributed by atoms with Crippen molar-refractivity contribution in [1.29, 1.82) is 0 Å². The van der Waals surface area contributed by atoms with Gasteiger partial charge in [-0.2, -0.15) is 0 Å². The van der Waals surface area contributed by atoms with Crippen LogP contribution in [0.1, 0.15) is 113 Å². The van der Waals surface area contributed by atoms with E-state index < -0.39 is 50.9 Å². The van der Waals surface area contributed by atoms with Crippen LogP contribution in [0.4, 0.5) is 0 Å². The zero-order valence-corrected chi connectivity index (χ0v) is 23.6. The highest BCUT2D eigenvalue weighted by atomic mass is 16.3. The first-order valence-electron chi connectivity index (χ1n) is 14.2. The smallest absolute Gasteiger partial charge is 0.209 e. The van der Waals surface area contributed by atoms with E-state index in [1.807, 2.05) is 13.0 Å². The van der Waals surface area contributed by atoms with Gasteiger partial charge in [-0.1, -0.05) is 65.9 Å². The summed E-state index contributed by atoms with van der Waals surface area (Å²) in [5.74, 6) is -3.14. The van der Waals surface area contributed by atoms with Gasteiger partial charge in [0.15, 0.2) is 17.2 Å². The lowest BCUT2D eigenvalue weighted by Gasteiger charge is -2.56. The number of aliphatic hydroxyl groups excluding tert-OH is 2. The molecule has 0 saturated heterocycles. The molecule has 0 unspecified atom stereocenters. The molecule has 4 aliphatic carbocycles. The number of hydrogen-bond acceptors (Lipinski definition) is 7. The van der Waals surface area contributed by atoms with Gasteiger partial charge in [-0.15, -0.1) is 0 Å². The quantitative estimate of drug-likeness (QED) is 0.362. The fraction of sp³-hybridized carbons (Fsp3) is 0.594. The Morgan fingerprint density at radius 3 is 2.28 bits per heavy atom. The number of rotatable bonds is 4. The first kappa shape index (κ1) is 27.6. The number of allylic oxidation sites excluding steroid dienone is 2. The highest BCUT2D eigenvalue weighted by molar-refractivity contribution is 6.25. The Morgan fingerprint density at radius 2 is 1.69 bits per heavy atom. The summed E-state index contributed by atoms with van der Waals surface area (Å²) in [6, 6.07) is 2.04. The Hall–Kier alpha value is -2.93. The van der Waals surface area contributed by atoms with Crippen LogP contribution in [0.15, 0.2) is 28.7 Å². The van der Waals surface area contributed by atoms with E-state index in [9.17, 15) is 34.8 Å². The van der Waals surface area contributed by atoms with Crippen LogP contribution in [0, 0.1) is 16.7 Å². The molecule has 4 aliphatic rings. The Labute approximate surface area is 229 Å². The Bertz CT molecular complexity index is 1360. The average molecular weight is 537 g/mol. The van der Waals surface area contributed by atoms with Gasteiger partial charge in [-0.3, -0.25) is 14.4 Å². The molecule has 0 heterocycles. The predicted octanol–water partition coefficient (Wildman–Crippen LogP) is 5.71. The number of phenolic OH excluding ortho intramolecular Hbond substituents is 1. The summed E-state index contributed by atoms with van der Waals surface area (Å²) in [6.45, 7) is 8.66. The van der Waals surface area contributed by atoms with Crippen molar-refractivity contribution in [3.63, 3.8) is 0 Å². The number of hydrogen-bond donors (Lipinski definition) is 4. The molecule has 0 aliphatic heterocycles. The van der Waals surface area contributed by atoms with Gasteiger partial charge >= 0.3 is 0 Å². The maximum absolute atomic E-state index is 14.3. The third kappa shape index (κ3) is 3.83. The molecule has 4 N–H and O–H groups in total. The molecule has 1 aromatic rings. The molecule has 0 radical (unpaired) electrons. The molecule has 7 nitrogen and oxygen atoms in total. The molecule has 7 heteroatoms. The van der Waals surface area contributed by atoms with Crippen LogP contribution < -0.4 is 0 Å². The van der Waals surface area contributed by atoms with E-state index in [0.717, 1.165) is 49.3 Å². The van der Waals surface area contributed by atoms with Crippen molar-refractivity contribution in [1.82, 2.24) is 0 Å². The first-order chi connectivity index (χ1) is 18.2. The van der Waals surface area contributed by atoms with Crippen LogP contribution in [-0.4, -0.2) is 43.4 Å². The number of fused-ring (bicyclic) bond motifs is 3. The average Bonchev–Trinajstić information content (AvgIpc) is 2.83. The fourth-order valence-corrected chi connectivity index (χ4v) is 8.18. The first-order valence-corrected chi connectivity index (χ1v) is 14.2. The third-order valence-electron chi connectivity index (χ3n) is 9.99. The molecule has 0 bridgehead atoms. The Morgan fingerprint density at radius 1 is 1.05 bits per heavy atom. The van der Waals surface area contributed by atoms with Crippen molar-refractivity contribution in [3.05, 3.63) is 51.0 Å². The topological polar surface area (TPSA) is 132 Å². The van der Waals surface area contributed by atoms with Crippen molar-refractivity contribution in [2.45, 2.75) is 104 Å². The molecule has 5 rings (SSSR count). The summed E-state index contributed by atoms with van der Waals surface area (Å²) in [7, 11) is 0. The number of aromatic hydroxyl groups is 1. The molecule has 210 valence electrons. The maximum atomic E-state index is 14.3. The van der Waals surface area contributed by atoms with E-state index in [1.165, 1.54) is 6.42 Å². The third-order valence-corrected chi connectivity index (χ3v) is 9.99. The number of Topliss-reactive ketones (excluding diaryl/α,β-unsaturated/α-hetero) is 3. The summed E-state index contributed by atoms with van der Waals surface area (Å²) >= 11 is 0. The van der Waals surface area contributed by atoms with Crippen LogP contribution in [0.3, 0.4) is 0 Å². The van der Waals surface area contributed by atoms with Gasteiger partial charge < -0.3 is 20.4 Å². The standard InChI is InChI=1S/C32H40O7/c1-16(2)20-12-19(11-18-9-7-6-8-10-18)26(35)24-21(20)13-30(4)15-31(5)14-22(34)23(17(3)33)28(37)32(31,39)29(38)25(30)27(24)36/h12,16,18,34-35,38-39H,6-11,13-15H2,1-5H3/t30-,31+,32+/m1/s1. The molecule has 0 amide bonds. The van der Waals surface area contributed by atoms with Gasteiger partial charge in [0.2, 0.25) is 5.78 Å². The van der Waals surface area contributed by atoms with E-state index in [2.05, 4.69) is 13.8 Å². The highest BCUT2D eigenvalue weighted by Gasteiger charge is 2.67. The minimum Gasteiger partial charge on any atom is -0.511 e. The monoisotopic (exact) mass is 536 g/mol. The number of carbonyl (C=O) groups is 3. The second kappa shape index (κ2) is 9.05. The molecule has 1 fully saturated rings. The van der Waals surface area contributed by atoms with Crippen LogP contribution in [-0.2, 0) is 22.4 Å². The van der Waals surface area contributed by atoms with Crippen molar-refractivity contribution >= 4 is 17.3 Å². The number of phenols is 1. The van der Waals surface area contributed by atoms with Crippen LogP contribution in [0.25, 0.3) is 0 Å². The lowest BCUT2D eigenvalue weighted by molar-refractivity contribution is -0.159. The second-order valence-electron chi connectivity index (χ2n) is 13.3. The van der Waals surface area contributed by atoms with Crippen LogP contribution in [0.2, 0.25) is 0 Å². The van der Waals surface area contributed by atoms with Crippen molar-refractivity contribution in [2.24, 2.45) is 16.7 Å². The summed E-state index contributed by atoms with van der Waals surface area (Å²) in [5, 5.41) is 45.7. The zero-order valence-electron chi connectivity index (χ0n) is 23.6. The van der Waals surface area contributed by atoms with Crippen molar-refractivity contribution in [2.75, 3.05) is 0 Å². The summed E-state index contributed by atoms with van der Waals surface area (Å²) in [5.41, 5.74) is -2.92. The number of carbonyl (C=O) groups excluding carboxylic acids is 3. The van der Waals surface area contributed by atoms with Crippen molar-refractivity contribution < 1.29 is 34.8 Å². The largest absolute Gasteiger partial charge is 0.511 e. The number of aliphatic hydroxyl groups is 3. The lowest BCUT2D eigenvalue weighted by Crippen LogP contribution is -2.63. The highest BCUT2D eigenvalue weighted by Crippen LogP contribution is 2.62. The predicted molar refractivity (Wildman–Crippen MR) is 146 cm³/mol. The van der Waals surface area contributed by atoms with E-state index >= 15 is 0 Å². The maximum Gasteiger partial charge on any atom is 0.209 e. The molecule has 3 atom stereocenters. The van der Waals surface area contributed by atoms with Crippen molar-refractivity contribution in [3.8, 4) is 5.75 Å². The van der Waals surface area contributed by atoms with Gasteiger partial charge in [0, 0.05) is 22.8 Å². The lowest BCUT2D eigenvalue weighted by atomic mass is 9.48. The van der Waals surface area contributed by atoms with Gasteiger partial charge in [0.05, 0.1) is 5.56 Å². The zero-order chi connectivity index (χ0) is 28.7.